The molecule has 0 aliphatic carbocycles. The molecule has 1 atom stereocenters. The number of ether oxygens (including phenoxy) is 2. The highest BCUT2D eigenvalue weighted by molar-refractivity contribution is 7.91. The van der Waals surface area contributed by atoms with Gasteiger partial charge in [0.05, 0.1) is 10.6 Å². The highest BCUT2D eigenvalue weighted by Crippen LogP contribution is 2.32. The van der Waals surface area contributed by atoms with Gasteiger partial charge in [-0.25, -0.2) is 8.42 Å². The third kappa shape index (κ3) is 2.76. The van der Waals surface area contributed by atoms with E-state index in [0.717, 1.165) is 0 Å². The van der Waals surface area contributed by atoms with Crippen LogP contribution < -0.4 is 15.2 Å². The van der Waals surface area contributed by atoms with Crippen molar-refractivity contribution < 1.29 is 17.9 Å². The predicted molar refractivity (Wildman–Crippen MR) is 67.7 cm³/mol. The number of hydrogen-bond acceptors (Lipinski definition) is 5. The van der Waals surface area contributed by atoms with Gasteiger partial charge in [0.1, 0.15) is 13.2 Å². The van der Waals surface area contributed by atoms with Gasteiger partial charge in [0, 0.05) is 6.07 Å². The topological polar surface area (TPSA) is 78.6 Å². The fourth-order valence-corrected chi connectivity index (χ4v) is 3.40. The van der Waals surface area contributed by atoms with E-state index in [1.807, 2.05) is 6.92 Å². The van der Waals surface area contributed by atoms with Gasteiger partial charge in [-0.3, -0.25) is 0 Å². The first kappa shape index (κ1) is 13.2. The third-order valence-corrected chi connectivity index (χ3v) is 4.76. The molecule has 0 amide bonds. The highest BCUT2D eigenvalue weighted by Gasteiger charge is 2.21. The number of hydrogen-bond donors (Lipinski definition) is 1. The van der Waals surface area contributed by atoms with E-state index >= 15 is 0 Å². The van der Waals surface area contributed by atoms with Crippen LogP contribution in [0.3, 0.4) is 0 Å². The summed E-state index contributed by atoms with van der Waals surface area (Å²) in [6.45, 7) is 3.10. The minimum atomic E-state index is -3.32. The lowest BCUT2D eigenvalue weighted by molar-refractivity contribution is 0.171. The van der Waals surface area contributed by atoms with Crippen LogP contribution >= 0.6 is 0 Å². The van der Waals surface area contributed by atoms with Crippen LogP contribution in [0.15, 0.2) is 23.1 Å². The molecule has 0 saturated carbocycles. The van der Waals surface area contributed by atoms with Crippen LogP contribution in [0.2, 0.25) is 0 Å². The van der Waals surface area contributed by atoms with E-state index in [9.17, 15) is 8.42 Å². The number of fused-ring (bicyclic) bond motifs is 1. The van der Waals surface area contributed by atoms with Crippen molar-refractivity contribution in [2.75, 3.05) is 25.5 Å². The second kappa shape index (κ2) is 5.16. The van der Waals surface area contributed by atoms with E-state index in [2.05, 4.69) is 0 Å². The zero-order valence-corrected chi connectivity index (χ0v) is 11.1. The van der Waals surface area contributed by atoms with E-state index in [4.69, 9.17) is 15.2 Å². The van der Waals surface area contributed by atoms with Gasteiger partial charge in [-0.1, -0.05) is 6.92 Å². The minimum absolute atomic E-state index is 0.0448. The van der Waals surface area contributed by atoms with E-state index < -0.39 is 9.84 Å². The Morgan fingerprint density at radius 1 is 1.28 bits per heavy atom. The number of sulfone groups is 1. The molecule has 2 N–H and O–H groups in total. The summed E-state index contributed by atoms with van der Waals surface area (Å²) in [6.07, 6.45) is 0. The minimum Gasteiger partial charge on any atom is -0.486 e. The lowest BCUT2D eigenvalue weighted by Gasteiger charge is -2.19. The zero-order valence-electron chi connectivity index (χ0n) is 10.3. The maximum Gasteiger partial charge on any atom is 0.178 e. The molecular weight excluding hydrogens is 254 g/mol. The van der Waals surface area contributed by atoms with Crippen molar-refractivity contribution in [2.24, 2.45) is 11.7 Å². The summed E-state index contributed by atoms with van der Waals surface area (Å²) < 4.78 is 35.0. The molecule has 18 heavy (non-hydrogen) atoms. The molecule has 1 heterocycles. The summed E-state index contributed by atoms with van der Waals surface area (Å²) in [7, 11) is -3.32. The molecule has 0 fully saturated rings. The molecule has 1 unspecified atom stereocenters. The van der Waals surface area contributed by atoms with Crippen LogP contribution in [0.1, 0.15) is 6.92 Å². The van der Waals surface area contributed by atoms with Crippen molar-refractivity contribution in [1.82, 2.24) is 0 Å². The molecule has 1 aromatic carbocycles. The molecule has 1 aromatic rings. The van der Waals surface area contributed by atoms with Crippen molar-refractivity contribution in [1.29, 1.82) is 0 Å². The molecule has 2 rings (SSSR count). The van der Waals surface area contributed by atoms with Crippen LogP contribution in [-0.2, 0) is 9.84 Å². The second-order valence-corrected chi connectivity index (χ2v) is 6.46. The largest absolute Gasteiger partial charge is 0.486 e. The Morgan fingerprint density at radius 2 is 1.94 bits per heavy atom. The average Bonchev–Trinajstić information content (AvgIpc) is 2.37. The first-order chi connectivity index (χ1) is 8.53. The molecule has 100 valence electrons. The van der Waals surface area contributed by atoms with Crippen molar-refractivity contribution in [3.8, 4) is 11.5 Å². The second-order valence-electron chi connectivity index (χ2n) is 4.43. The van der Waals surface area contributed by atoms with Crippen LogP contribution in [0.25, 0.3) is 0 Å². The summed E-state index contributed by atoms with van der Waals surface area (Å²) in [5.41, 5.74) is 5.46. The van der Waals surface area contributed by atoms with Crippen molar-refractivity contribution in [3.63, 3.8) is 0 Å². The molecule has 5 nitrogen and oxygen atoms in total. The number of nitrogens with two attached hydrogens (primary N) is 1. The fourth-order valence-electron chi connectivity index (χ4n) is 1.76. The van der Waals surface area contributed by atoms with Gasteiger partial charge in [0.2, 0.25) is 0 Å². The first-order valence-electron chi connectivity index (χ1n) is 5.85. The molecule has 0 radical (unpaired) electrons. The van der Waals surface area contributed by atoms with Gasteiger partial charge in [-0.05, 0) is 24.6 Å². The van der Waals surface area contributed by atoms with Gasteiger partial charge in [-0.2, -0.15) is 0 Å². The summed E-state index contributed by atoms with van der Waals surface area (Å²) in [5, 5.41) is 0. The standard InChI is InChI=1S/C12H17NO4S/c1-9(7-13)8-18(14,15)10-2-3-11-12(6-10)17-5-4-16-11/h2-3,6,9H,4-5,7-8,13H2,1H3. The van der Waals surface area contributed by atoms with Crippen molar-refractivity contribution in [3.05, 3.63) is 18.2 Å². The monoisotopic (exact) mass is 271 g/mol. The van der Waals surface area contributed by atoms with Gasteiger partial charge >= 0.3 is 0 Å². The van der Waals surface area contributed by atoms with Gasteiger partial charge in [0.15, 0.2) is 21.3 Å². The van der Waals surface area contributed by atoms with Crippen LogP contribution in [0.5, 0.6) is 11.5 Å². The van der Waals surface area contributed by atoms with Gasteiger partial charge in [-0.15, -0.1) is 0 Å². The fraction of sp³-hybridized carbons (Fsp3) is 0.500. The number of rotatable bonds is 4. The Kier molecular flexibility index (Phi) is 3.77. The Bertz CT molecular complexity index is 527. The SMILES string of the molecule is CC(CN)CS(=O)(=O)c1ccc2c(c1)OCCO2. The highest BCUT2D eigenvalue weighted by atomic mass is 32.2. The smallest absolute Gasteiger partial charge is 0.178 e. The maximum atomic E-state index is 12.1. The van der Waals surface area contributed by atoms with E-state index in [0.29, 0.717) is 31.3 Å². The normalized spacial score (nSPS) is 16.3. The van der Waals surface area contributed by atoms with Crippen LogP contribution in [0, 0.1) is 5.92 Å². The Morgan fingerprint density at radius 3 is 2.61 bits per heavy atom. The predicted octanol–water partition coefficient (Wildman–Crippen LogP) is 0.826. The van der Waals surface area contributed by atoms with Crippen molar-refractivity contribution >= 4 is 9.84 Å². The molecule has 6 heteroatoms. The molecule has 1 aliphatic heterocycles. The van der Waals surface area contributed by atoms with Gasteiger partial charge < -0.3 is 15.2 Å². The summed E-state index contributed by atoms with van der Waals surface area (Å²) in [4.78, 5) is 0.257. The Hall–Kier alpha value is -1.27. The number of benzene rings is 1. The molecule has 0 saturated heterocycles. The van der Waals surface area contributed by atoms with E-state index in [1.54, 1.807) is 12.1 Å². The molecule has 0 spiro atoms. The first-order valence-corrected chi connectivity index (χ1v) is 7.50. The Labute approximate surface area is 107 Å². The van der Waals surface area contributed by atoms with E-state index in [-0.39, 0.29) is 16.6 Å². The van der Waals surface area contributed by atoms with Crippen LogP contribution in [0.4, 0.5) is 0 Å². The zero-order chi connectivity index (χ0) is 13.2. The summed E-state index contributed by atoms with van der Waals surface area (Å²) in [5.74, 6) is 1.06. The lowest BCUT2D eigenvalue weighted by atomic mass is 10.2. The molecular formula is C12H17NO4S. The molecule has 0 aromatic heterocycles. The summed E-state index contributed by atoms with van der Waals surface area (Å²) in [6, 6.07) is 4.70. The third-order valence-electron chi connectivity index (χ3n) is 2.78. The van der Waals surface area contributed by atoms with Crippen molar-refractivity contribution in [2.45, 2.75) is 11.8 Å². The Balaban J connectivity index is 2.28. The maximum absolute atomic E-state index is 12.1. The molecule has 1 aliphatic rings. The van der Waals surface area contributed by atoms with Gasteiger partial charge in [0.25, 0.3) is 0 Å². The summed E-state index contributed by atoms with van der Waals surface area (Å²) >= 11 is 0. The molecule has 0 bridgehead atoms. The lowest BCUT2D eigenvalue weighted by Crippen LogP contribution is -2.21. The van der Waals surface area contributed by atoms with E-state index in [1.165, 1.54) is 6.07 Å². The van der Waals surface area contributed by atoms with Crippen LogP contribution in [-0.4, -0.2) is 33.9 Å². The average molecular weight is 271 g/mol. The quantitative estimate of drug-likeness (QED) is 0.877.